The van der Waals surface area contributed by atoms with Crippen molar-refractivity contribution >= 4 is 17.6 Å². The molecule has 2 nitrogen and oxygen atoms in total. The molecule has 0 saturated carbocycles. The summed E-state index contributed by atoms with van der Waals surface area (Å²) < 4.78 is 4.45. The maximum absolute atomic E-state index is 10.6. The van der Waals surface area contributed by atoms with Gasteiger partial charge < -0.3 is 4.74 Å². The predicted molar refractivity (Wildman–Crippen MR) is 41.1 cm³/mol. The van der Waals surface area contributed by atoms with Crippen molar-refractivity contribution < 1.29 is 9.53 Å². The van der Waals surface area contributed by atoms with Crippen molar-refractivity contribution in [3.63, 3.8) is 0 Å². The van der Waals surface area contributed by atoms with Crippen LogP contribution < -0.4 is 0 Å². The summed E-state index contributed by atoms with van der Waals surface area (Å²) >= 11 is 5.49. The van der Waals surface area contributed by atoms with Crippen molar-refractivity contribution in [2.75, 3.05) is 13.0 Å². The van der Waals surface area contributed by atoms with Crippen molar-refractivity contribution in [1.29, 1.82) is 0 Å². The molecule has 0 aliphatic heterocycles. The number of rotatable bonds is 3. The summed E-state index contributed by atoms with van der Waals surface area (Å²) in [5, 5.41) is 0. The molecule has 58 valence electrons. The first kappa shape index (κ1) is 9.50. The lowest BCUT2D eigenvalue weighted by Gasteiger charge is -1.99. The van der Waals surface area contributed by atoms with Gasteiger partial charge in [0, 0.05) is 5.88 Å². The molecule has 0 aromatic rings. The third-order valence-electron chi connectivity index (χ3n) is 1.18. The average molecular weight is 163 g/mol. The summed E-state index contributed by atoms with van der Waals surface area (Å²) in [6, 6.07) is 0. The van der Waals surface area contributed by atoms with Gasteiger partial charge in [-0.1, -0.05) is 6.08 Å². The van der Waals surface area contributed by atoms with E-state index >= 15 is 0 Å². The molecule has 0 radical (unpaired) electrons. The van der Waals surface area contributed by atoms with Crippen LogP contribution in [-0.2, 0) is 9.53 Å². The largest absolute Gasteiger partial charge is 0.469 e. The number of halogens is 1. The fourth-order valence-corrected chi connectivity index (χ4v) is 0.733. The maximum atomic E-state index is 10.6. The quantitative estimate of drug-likeness (QED) is 0.359. The minimum atomic E-state index is -0.242. The monoisotopic (exact) mass is 162 g/mol. The van der Waals surface area contributed by atoms with E-state index in [1.807, 2.05) is 13.0 Å². The number of hydrogen-bond acceptors (Lipinski definition) is 2. The Hall–Kier alpha value is -0.500. The molecular formula is C7H11ClO2. The highest BCUT2D eigenvalue weighted by Crippen LogP contribution is 2.03. The SMILES string of the molecule is CC=C(CCl)CC(=O)OC. The van der Waals surface area contributed by atoms with Crippen LogP contribution in [0.4, 0.5) is 0 Å². The molecule has 0 saturated heterocycles. The lowest BCUT2D eigenvalue weighted by Crippen LogP contribution is -2.02. The van der Waals surface area contributed by atoms with Crippen LogP contribution in [0.25, 0.3) is 0 Å². The van der Waals surface area contributed by atoms with E-state index in [0.29, 0.717) is 12.3 Å². The van der Waals surface area contributed by atoms with E-state index in [1.165, 1.54) is 7.11 Å². The second-order valence-corrected chi connectivity index (χ2v) is 2.10. The molecule has 0 N–H and O–H groups in total. The highest BCUT2D eigenvalue weighted by Gasteiger charge is 2.02. The zero-order valence-corrected chi connectivity index (χ0v) is 6.94. The van der Waals surface area contributed by atoms with Crippen LogP contribution in [0.5, 0.6) is 0 Å². The lowest BCUT2D eigenvalue weighted by molar-refractivity contribution is -0.139. The Morgan fingerprint density at radius 1 is 1.70 bits per heavy atom. The van der Waals surface area contributed by atoms with Crippen molar-refractivity contribution in [2.45, 2.75) is 13.3 Å². The summed E-state index contributed by atoms with van der Waals surface area (Å²) in [7, 11) is 1.36. The van der Waals surface area contributed by atoms with Gasteiger partial charge in [-0.25, -0.2) is 0 Å². The lowest BCUT2D eigenvalue weighted by atomic mass is 10.2. The van der Waals surface area contributed by atoms with Gasteiger partial charge in [-0.2, -0.15) is 0 Å². The van der Waals surface area contributed by atoms with Crippen LogP contribution in [0.15, 0.2) is 11.6 Å². The van der Waals surface area contributed by atoms with E-state index < -0.39 is 0 Å². The fourth-order valence-electron chi connectivity index (χ4n) is 0.484. The molecule has 0 aliphatic rings. The Labute approximate surface area is 65.8 Å². The predicted octanol–water partition coefficient (Wildman–Crippen LogP) is 1.73. The number of esters is 1. The van der Waals surface area contributed by atoms with Gasteiger partial charge in [0.25, 0.3) is 0 Å². The van der Waals surface area contributed by atoms with Crippen LogP contribution in [0.3, 0.4) is 0 Å². The molecule has 0 unspecified atom stereocenters. The summed E-state index contributed by atoms with van der Waals surface area (Å²) in [4.78, 5) is 10.6. The minimum absolute atomic E-state index is 0.242. The number of ether oxygens (including phenoxy) is 1. The molecule has 0 bridgehead atoms. The Morgan fingerprint density at radius 2 is 2.30 bits per heavy atom. The molecule has 0 atom stereocenters. The number of alkyl halides is 1. The van der Waals surface area contributed by atoms with Crippen molar-refractivity contribution in [2.24, 2.45) is 0 Å². The van der Waals surface area contributed by atoms with E-state index in [1.54, 1.807) is 0 Å². The first-order chi connectivity index (χ1) is 4.74. The summed E-state index contributed by atoms with van der Waals surface area (Å²) in [6.07, 6.45) is 2.13. The summed E-state index contributed by atoms with van der Waals surface area (Å²) in [5.41, 5.74) is 0.897. The topological polar surface area (TPSA) is 26.3 Å². The first-order valence-electron chi connectivity index (χ1n) is 3.01. The van der Waals surface area contributed by atoms with E-state index in [9.17, 15) is 4.79 Å². The molecule has 0 heterocycles. The van der Waals surface area contributed by atoms with E-state index in [0.717, 1.165) is 5.57 Å². The van der Waals surface area contributed by atoms with Crippen molar-refractivity contribution in [3.05, 3.63) is 11.6 Å². The zero-order chi connectivity index (χ0) is 7.98. The van der Waals surface area contributed by atoms with E-state index in [-0.39, 0.29) is 5.97 Å². The fraction of sp³-hybridized carbons (Fsp3) is 0.571. The molecule has 0 amide bonds. The van der Waals surface area contributed by atoms with Gasteiger partial charge in [-0.3, -0.25) is 4.79 Å². The Balaban J connectivity index is 3.76. The third kappa shape index (κ3) is 3.51. The number of carbonyl (C=O) groups excluding carboxylic acids is 1. The second-order valence-electron chi connectivity index (χ2n) is 1.83. The van der Waals surface area contributed by atoms with Crippen LogP contribution in [0.1, 0.15) is 13.3 Å². The highest BCUT2D eigenvalue weighted by atomic mass is 35.5. The molecule has 3 heteroatoms. The van der Waals surface area contributed by atoms with Gasteiger partial charge in [0.05, 0.1) is 13.5 Å². The molecule has 0 fully saturated rings. The van der Waals surface area contributed by atoms with Gasteiger partial charge in [-0.15, -0.1) is 11.6 Å². The van der Waals surface area contributed by atoms with E-state index in [4.69, 9.17) is 11.6 Å². The highest BCUT2D eigenvalue weighted by molar-refractivity contribution is 6.19. The normalized spacial score (nSPS) is 11.3. The third-order valence-corrected chi connectivity index (χ3v) is 1.52. The van der Waals surface area contributed by atoms with Gasteiger partial charge in [0.2, 0.25) is 0 Å². The maximum Gasteiger partial charge on any atom is 0.309 e. The molecule has 10 heavy (non-hydrogen) atoms. The average Bonchev–Trinajstić information content (AvgIpc) is 1.99. The summed E-state index contributed by atoms with van der Waals surface area (Å²) in [6.45, 7) is 1.85. The van der Waals surface area contributed by atoms with Gasteiger partial charge in [0.15, 0.2) is 0 Å². The zero-order valence-electron chi connectivity index (χ0n) is 6.19. The van der Waals surface area contributed by atoms with E-state index in [2.05, 4.69) is 4.74 Å². The Bertz CT molecular complexity index is 141. The minimum Gasteiger partial charge on any atom is -0.469 e. The smallest absolute Gasteiger partial charge is 0.309 e. The molecule has 0 aromatic carbocycles. The van der Waals surface area contributed by atoms with Gasteiger partial charge in [0.1, 0.15) is 0 Å². The van der Waals surface area contributed by atoms with Crippen LogP contribution >= 0.6 is 11.6 Å². The Morgan fingerprint density at radius 3 is 2.60 bits per heavy atom. The number of hydrogen-bond donors (Lipinski definition) is 0. The van der Waals surface area contributed by atoms with Crippen LogP contribution in [0.2, 0.25) is 0 Å². The van der Waals surface area contributed by atoms with Crippen LogP contribution in [0, 0.1) is 0 Å². The molecule has 0 spiro atoms. The van der Waals surface area contributed by atoms with Crippen molar-refractivity contribution in [1.82, 2.24) is 0 Å². The van der Waals surface area contributed by atoms with Crippen molar-refractivity contribution in [3.8, 4) is 0 Å². The Kier molecular flexibility index (Phi) is 5.03. The molecular weight excluding hydrogens is 152 g/mol. The summed E-state index contributed by atoms with van der Waals surface area (Å²) in [5.74, 6) is 0.153. The number of methoxy groups -OCH3 is 1. The van der Waals surface area contributed by atoms with Crippen LogP contribution in [-0.4, -0.2) is 19.0 Å². The first-order valence-corrected chi connectivity index (χ1v) is 3.54. The van der Waals surface area contributed by atoms with Gasteiger partial charge in [-0.05, 0) is 12.5 Å². The number of carbonyl (C=O) groups is 1. The standard InChI is InChI=1S/C7H11ClO2/c1-3-6(5-8)4-7(9)10-2/h3H,4-5H2,1-2H3. The number of allylic oxidation sites excluding steroid dienone is 1. The second kappa shape index (κ2) is 5.30. The molecule has 0 rings (SSSR count). The molecule has 0 aliphatic carbocycles. The molecule has 0 aromatic heterocycles. The van der Waals surface area contributed by atoms with Gasteiger partial charge >= 0.3 is 5.97 Å².